The van der Waals surface area contributed by atoms with Crippen LogP contribution in [0.3, 0.4) is 0 Å². The van der Waals surface area contributed by atoms with Gasteiger partial charge in [0.25, 0.3) is 0 Å². The zero-order valence-electron chi connectivity index (χ0n) is 17.8. The average Bonchev–Trinajstić information content (AvgIpc) is 3.32. The van der Waals surface area contributed by atoms with Gasteiger partial charge in [0, 0.05) is 12.5 Å². The van der Waals surface area contributed by atoms with E-state index in [1.807, 2.05) is 19.1 Å². The second-order valence-corrected chi connectivity index (χ2v) is 8.76. The molecule has 2 aromatic carbocycles. The number of thiazole rings is 1. The molecule has 0 bridgehead atoms. The van der Waals surface area contributed by atoms with Crippen molar-refractivity contribution in [3.05, 3.63) is 74.5 Å². The predicted molar refractivity (Wildman–Crippen MR) is 120 cm³/mol. The second-order valence-electron chi connectivity index (χ2n) is 7.69. The molecule has 2 heterocycles. The summed E-state index contributed by atoms with van der Waals surface area (Å²) in [5.41, 5.74) is 0.921. The van der Waals surface area contributed by atoms with Gasteiger partial charge in [-0.1, -0.05) is 29.5 Å². The molecule has 2 atom stereocenters. The van der Waals surface area contributed by atoms with Gasteiger partial charge >= 0.3 is 11.0 Å². The molecule has 8 nitrogen and oxygen atoms in total. The number of H-pyrrole nitrogens is 1. The van der Waals surface area contributed by atoms with E-state index in [9.17, 15) is 19.1 Å². The lowest BCUT2D eigenvalue weighted by atomic mass is 10.1. The van der Waals surface area contributed by atoms with Crippen LogP contribution >= 0.6 is 11.3 Å². The van der Waals surface area contributed by atoms with Gasteiger partial charge in [-0.3, -0.25) is 14.7 Å². The highest BCUT2D eigenvalue weighted by Crippen LogP contribution is 2.23. The van der Waals surface area contributed by atoms with Gasteiger partial charge in [-0.05, 0) is 36.8 Å². The highest BCUT2D eigenvalue weighted by molar-refractivity contribution is 7.09. The van der Waals surface area contributed by atoms with Crippen LogP contribution in [0.5, 0.6) is 17.4 Å². The van der Waals surface area contributed by atoms with Gasteiger partial charge in [0.15, 0.2) is 6.10 Å². The molecule has 0 spiro atoms. The van der Waals surface area contributed by atoms with Crippen LogP contribution in [0.4, 0.5) is 9.18 Å². The summed E-state index contributed by atoms with van der Waals surface area (Å²) in [5, 5.41) is 9.70. The van der Waals surface area contributed by atoms with E-state index in [2.05, 4.69) is 4.98 Å². The maximum atomic E-state index is 13.2. The van der Waals surface area contributed by atoms with Crippen molar-refractivity contribution in [2.75, 3.05) is 19.8 Å². The monoisotopic (exact) mass is 474 g/mol. The first-order valence-corrected chi connectivity index (χ1v) is 11.2. The summed E-state index contributed by atoms with van der Waals surface area (Å²) in [6.07, 6.45) is -0.465. The fourth-order valence-corrected chi connectivity index (χ4v) is 4.16. The lowest BCUT2D eigenvalue weighted by Gasteiger charge is -2.22. The van der Waals surface area contributed by atoms with E-state index in [0.717, 1.165) is 16.9 Å². The Kier molecular flexibility index (Phi) is 6.83. The number of carbonyl (C=O) groups is 1. The molecule has 1 amide bonds. The van der Waals surface area contributed by atoms with Crippen LogP contribution in [-0.2, 0) is 11.2 Å². The summed E-state index contributed by atoms with van der Waals surface area (Å²) in [6.45, 7) is 2.61. The molecule has 1 fully saturated rings. The lowest BCUT2D eigenvalue weighted by Crippen LogP contribution is -2.38. The quantitative estimate of drug-likeness (QED) is 0.492. The Morgan fingerprint density at radius 1 is 1.21 bits per heavy atom. The third kappa shape index (κ3) is 5.83. The number of aromatic hydroxyl groups is 1. The molecule has 1 saturated heterocycles. The largest absolute Gasteiger partial charge is 0.494 e. The van der Waals surface area contributed by atoms with Crippen molar-refractivity contribution in [1.82, 2.24) is 9.88 Å². The first-order chi connectivity index (χ1) is 15.9. The number of ether oxygens (including phenoxy) is 3. The Balaban J connectivity index is 1.25. The average molecular weight is 475 g/mol. The van der Waals surface area contributed by atoms with Crippen LogP contribution in [0.1, 0.15) is 17.4 Å². The van der Waals surface area contributed by atoms with E-state index in [1.54, 1.807) is 29.2 Å². The van der Waals surface area contributed by atoms with Gasteiger partial charge in [0.2, 0.25) is 5.88 Å². The van der Waals surface area contributed by atoms with Gasteiger partial charge in [-0.15, -0.1) is 0 Å². The number of aromatic amines is 1. The van der Waals surface area contributed by atoms with Crippen LogP contribution < -0.4 is 14.3 Å². The minimum atomic E-state index is -0.456. The van der Waals surface area contributed by atoms with Gasteiger partial charge < -0.3 is 19.3 Å². The summed E-state index contributed by atoms with van der Waals surface area (Å²) >= 11 is 0.977. The number of hydrogen-bond acceptors (Lipinski definition) is 7. The van der Waals surface area contributed by atoms with Crippen LogP contribution in [-0.4, -0.2) is 53.0 Å². The Labute approximate surface area is 193 Å². The standard InChI is InChI=1S/C23H23FN2O6S/c1-14(26-11-19(32-23(26)29)13-31-18-4-2-3-16(24)10-18)12-30-17-7-5-15(6-8-17)9-20-21(27)25-22(28)33-20/h2-8,10,14,19,27H,9,11-13H2,1H3,(H,25,28). The maximum Gasteiger partial charge on any atom is 0.410 e. The number of carbonyl (C=O) groups excluding carboxylic acids is 1. The molecule has 1 aliphatic heterocycles. The number of halogens is 1. The van der Waals surface area contributed by atoms with E-state index in [0.29, 0.717) is 29.3 Å². The molecular weight excluding hydrogens is 451 g/mol. The Hall–Kier alpha value is -3.53. The van der Waals surface area contributed by atoms with Crippen LogP contribution in [0.2, 0.25) is 0 Å². The summed E-state index contributed by atoms with van der Waals surface area (Å²) in [7, 11) is 0. The minimum Gasteiger partial charge on any atom is -0.494 e. The highest BCUT2D eigenvalue weighted by Gasteiger charge is 2.35. The molecule has 0 radical (unpaired) electrons. The number of nitrogens with one attached hydrogen (secondary N) is 1. The number of cyclic esters (lactones) is 1. The zero-order valence-corrected chi connectivity index (χ0v) is 18.6. The summed E-state index contributed by atoms with van der Waals surface area (Å²) in [6, 6.07) is 12.9. The SMILES string of the molecule is CC(COc1ccc(Cc2sc(=O)[nH]c2O)cc1)N1CC(COc2cccc(F)c2)OC1=O. The number of amides is 1. The molecular formula is C23H23FN2O6S. The minimum absolute atomic E-state index is 0.101. The molecule has 4 rings (SSSR count). The topological polar surface area (TPSA) is 101 Å². The van der Waals surface area contributed by atoms with E-state index in [4.69, 9.17) is 14.2 Å². The van der Waals surface area contributed by atoms with Crippen molar-refractivity contribution in [2.45, 2.75) is 25.5 Å². The summed E-state index contributed by atoms with van der Waals surface area (Å²) in [4.78, 5) is 27.7. The maximum absolute atomic E-state index is 13.2. The number of hydrogen-bond donors (Lipinski definition) is 2. The second kappa shape index (κ2) is 9.95. The van der Waals surface area contributed by atoms with Crippen molar-refractivity contribution in [3.63, 3.8) is 0 Å². The zero-order chi connectivity index (χ0) is 23.4. The first-order valence-electron chi connectivity index (χ1n) is 10.4. The van der Waals surface area contributed by atoms with Crippen LogP contribution in [0, 0.1) is 5.82 Å². The number of benzene rings is 2. The molecule has 1 aromatic heterocycles. The van der Waals surface area contributed by atoms with Crippen LogP contribution in [0.15, 0.2) is 53.3 Å². The van der Waals surface area contributed by atoms with Crippen molar-refractivity contribution in [1.29, 1.82) is 0 Å². The molecule has 2 N–H and O–H groups in total. The third-order valence-electron chi connectivity index (χ3n) is 5.15. The predicted octanol–water partition coefficient (Wildman–Crippen LogP) is 3.54. The number of rotatable bonds is 9. The Bertz CT molecular complexity index is 1160. The highest BCUT2D eigenvalue weighted by atomic mass is 32.1. The van der Waals surface area contributed by atoms with Crippen molar-refractivity contribution < 1.29 is 28.5 Å². The van der Waals surface area contributed by atoms with E-state index in [1.165, 1.54) is 12.1 Å². The molecule has 174 valence electrons. The molecule has 2 unspecified atom stereocenters. The van der Waals surface area contributed by atoms with Crippen molar-refractivity contribution >= 4 is 17.4 Å². The van der Waals surface area contributed by atoms with E-state index < -0.39 is 18.0 Å². The first kappa shape index (κ1) is 22.7. The van der Waals surface area contributed by atoms with Gasteiger partial charge in [-0.25, -0.2) is 9.18 Å². The number of aromatic nitrogens is 1. The Morgan fingerprint density at radius 3 is 2.70 bits per heavy atom. The van der Waals surface area contributed by atoms with Gasteiger partial charge in [0.05, 0.1) is 17.5 Å². The van der Waals surface area contributed by atoms with Crippen molar-refractivity contribution in [2.24, 2.45) is 0 Å². The number of nitrogens with zero attached hydrogens (tertiary/aromatic N) is 1. The van der Waals surface area contributed by atoms with E-state index in [-0.39, 0.29) is 30.0 Å². The normalized spacial score (nSPS) is 16.5. The van der Waals surface area contributed by atoms with E-state index >= 15 is 0 Å². The molecule has 0 aliphatic carbocycles. The van der Waals surface area contributed by atoms with Crippen LogP contribution in [0.25, 0.3) is 0 Å². The lowest BCUT2D eigenvalue weighted by molar-refractivity contribution is 0.100. The summed E-state index contributed by atoms with van der Waals surface area (Å²) < 4.78 is 29.9. The van der Waals surface area contributed by atoms with Gasteiger partial charge in [0.1, 0.15) is 30.5 Å². The Morgan fingerprint density at radius 2 is 2.00 bits per heavy atom. The molecule has 33 heavy (non-hydrogen) atoms. The summed E-state index contributed by atoms with van der Waals surface area (Å²) in [5.74, 6) is 0.522. The smallest absolute Gasteiger partial charge is 0.410 e. The molecule has 1 aliphatic rings. The molecule has 0 saturated carbocycles. The third-order valence-corrected chi connectivity index (χ3v) is 6.02. The molecule has 10 heteroatoms. The fraction of sp³-hybridized carbons (Fsp3) is 0.304. The van der Waals surface area contributed by atoms with Gasteiger partial charge in [-0.2, -0.15) is 0 Å². The molecule has 3 aromatic rings. The van der Waals surface area contributed by atoms with Crippen molar-refractivity contribution in [3.8, 4) is 17.4 Å². The fourth-order valence-electron chi connectivity index (χ4n) is 3.40.